The summed E-state index contributed by atoms with van der Waals surface area (Å²) in [7, 11) is 0. The normalized spacial score (nSPS) is 24.4. The van der Waals surface area contributed by atoms with Gasteiger partial charge in [0.05, 0.1) is 6.54 Å². The van der Waals surface area contributed by atoms with Gasteiger partial charge < -0.3 is 15.5 Å². The Morgan fingerprint density at radius 1 is 1.62 bits per heavy atom. The molecule has 1 fully saturated rings. The van der Waals surface area contributed by atoms with Crippen LogP contribution in [0.25, 0.3) is 0 Å². The van der Waals surface area contributed by atoms with Gasteiger partial charge in [0.15, 0.2) is 5.88 Å². The zero-order valence-corrected chi connectivity index (χ0v) is 8.13. The number of hydrogen-bond donors (Lipinski definition) is 2. The largest absolute Gasteiger partial charge is 0.444 e. The molecular formula is C10H16N2O. The van der Waals surface area contributed by atoms with E-state index in [1.54, 1.807) is 0 Å². The Hall–Kier alpha value is -0.960. The van der Waals surface area contributed by atoms with Gasteiger partial charge in [-0.05, 0) is 17.9 Å². The monoisotopic (exact) mass is 180 g/mol. The molecule has 72 valence electrons. The fourth-order valence-corrected chi connectivity index (χ4v) is 1.45. The summed E-state index contributed by atoms with van der Waals surface area (Å²) in [5, 5.41) is 3.34. The summed E-state index contributed by atoms with van der Waals surface area (Å²) in [6.07, 6.45) is 1.21. The van der Waals surface area contributed by atoms with Crippen LogP contribution in [0, 0.1) is 5.41 Å². The Labute approximate surface area is 78.3 Å². The molecule has 0 radical (unpaired) electrons. The number of anilines is 1. The number of nitrogens with one attached hydrogen (secondary N) is 1. The Morgan fingerprint density at radius 2 is 2.31 bits per heavy atom. The van der Waals surface area contributed by atoms with E-state index in [-0.39, 0.29) is 0 Å². The van der Waals surface area contributed by atoms with Crippen molar-refractivity contribution in [2.75, 3.05) is 5.32 Å². The lowest BCUT2D eigenvalue weighted by atomic mass is 10.2. The van der Waals surface area contributed by atoms with Crippen LogP contribution in [-0.4, -0.2) is 6.04 Å². The molecule has 1 saturated carbocycles. The van der Waals surface area contributed by atoms with Crippen molar-refractivity contribution in [2.45, 2.75) is 32.9 Å². The molecule has 3 N–H and O–H groups in total. The first-order valence-electron chi connectivity index (χ1n) is 4.67. The molecule has 3 heteroatoms. The van der Waals surface area contributed by atoms with E-state index in [4.69, 9.17) is 10.2 Å². The maximum Gasteiger partial charge on any atom is 0.193 e. The summed E-state index contributed by atoms with van der Waals surface area (Å²) in [5.41, 5.74) is 5.87. The third-order valence-corrected chi connectivity index (χ3v) is 2.69. The molecule has 0 spiro atoms. The Balaban J connectivity index is 1.96. The average molecular weight is 180 g/mol. The zero-order chi connectivity index (χ0) is 9.47. The molecule has 1 unspecified atom stereocenters. The SMILES string of the molecule is CC1(C)CC1Nc1ccc(CN)o1. The molecule has 1 aromatic heterocycles. The van der Waals surface area contributed by atoms with Crippen LogP contribution in [0.4, 0.5) is 5.88 Å². The Bertz CT molecular complexity index is 304. The maximum atomic E-state index is 5.44. The van der Waals surface area contributed by atoms with Crippen LogP contribution in [0.2, 0.25) is 0 Å². The highest BCUT2D eigenvalue weighted by molar-refractivity contribution is 5.36. The van der Waals surface area contributed by atoms with Gasteiger partial charge in [0.1, 0.15) is 5.76 Å². The molecule has 13 heavy (non-hydrogen) atoms. The van der Waals surface area contributed by atoms with Gasteiger partial charge in [0.25, 0.3) is 0 Å². The fourth-order valence-electron chi connectivity index (χ4n) is 1.45. The van der Waals surface area contributed by atoms with Crippen molar-refractivity contribution in [3.8, 4) is 0 Å². The Kier molecular flexibility index (Phi) is 1.84. The van der Waals surface area contributed by atoms with Crippen LogP contribution in [0.3, 0.4) is 0 Å². The summed E-state index contributed by atoms with van der Waals surface area (Å²) < 4.78 is 5.44. The third kappa shape index (κ3) is 1.70. The first kappa shape index (κ1) is 8.63. The second kappa shape index (κ2) is 2.77. The molecule has 0 aliphatic heterocycles. The van der Waals surface area contributed by atoms with Gasteiger partial charge in [-0.25, -0.2) is 0 Å². The van der Waals surface area contributed by atoms with Gasteiger partial charge in [-0.15, -0.1) is 0 Å². The van der Waals surface area contributed by atoms with Crippen molar-refractivity contribution in [3.63, 3.8) is 0 Å². The van der Waals surface area contributed by atoms with E-state index in [2.05, 4.69) is 19.2 Å². The second-order valence-electron chi connectivity index (χ2n) is 4.36. The van der Waals surface area contributed by atoms with E-state index in [0.717, 1.165) is 11.6 Å². The molecule has 1 atom stereocenters. The minimum absolute atomic E-state index is 0.426. The summed E-state index contributed by atoms with van der Waals surface area (Å²) in [5.74, 6) is 1.68. The van der Waals surface area contributed by atoms with Gasteiger partial charge in [-0.3, -0.25) is 0 Å². The highest BCUT2D eigenvalue weighted by Crippen LogP contribution is 2.46. The van der Waals surface area contributed by atoms with Crippen LogP contribution in [0.1, 0.15) is 26.0 Å². The minimum atomic E-state index is 0.426. The molecule has 2 rings (SSSR count). The van der Waals surface area contributed by atoms with Crippen LogP contribution in [0.15, 0.2) is 16.5 Å². The molecule has 1 aliphatic carbocycles. The molecular weight excluding hydrogens is 164 g/mol. The topological polar surface area (TPSA) is 51.2 Å². The molecule has 1 aliphatic rings. The van der Waals surface area contributed by atoms with Crippen molar-refractivity contribution in [3.05, 3.63) is 17.9 Å². The van der Waals surface area contributed by atoms with Crippen molar-refractivity contribution >= 4 is 5.88 Å². The first-order valence-corrected chi connectivity index (χ1v) is 4.67. The van der Waals surface area contributed by atoms with Crippen molar-refractivity contribution in [1.82, 2.24) is 0 Å². The van der Waals surface area contributed by atoms with Gasteiger partial charge in [-0.1, -0.05) is 13.8 Å². The van der Waals surface area contributed by atoms with Crippen LogP contribution < -0.4 is 11.1 Å². The van der Waals surface area contributed by atoms with E-state index in [1.165, 1.54) is 6.42 Å². The fraction of sp³-hybridized carbons (Fsp3) is 0.600. The zero-order valence-electron chi connectivity index (χ0n) is 8.13. The number of hydrogen-bond acceptors (Lipinski definition) is 3. The molecule has 0 aromatic carbocycles. The van der Waals surface area contributed by atoms with E-state index < -0.39 is 0 Å². The van der Waals surface area contributed by atoms with E-state index >= 15 is 0 Å². The quantitative estimate of drug-likeness (QED) is 0.747. The molecule has 0 amide bonds. The lowest BCUT2D eigenvalue weighted by molar-refractivity contribution is 0.518. The molecule has 1 heterocycles. The van der Waals surface area contributed by atoms with E-state index in [1.807, 2.05) is 12.1 Å². The highest BCUT2D eigenvalue weighted by atomic mass is 16.4. The number of nitrogens with two attached hydrogens (primary N) is 1. The number of furan rings is 1. The lowest BCUT2D eigenvalue weighted by Crippen LogP contribution is -2.07. The molecule has 3 nitrogen and oxygen atoms in total. The van der Waals surface area contributed by atoms with Gasteiger partial charge in [-0.2, -0.15) is 0 Å². The Morgan fingerprint density at radius 3 is 2.77 bits per heavy atom. The van der Waals surface area contributed by atoms with Crippen LogP contribution >= 0.6 is 0 Å². The van der Waals surface area contributed by atoms with Gasteiger partial charge >= 0.3 is 0 Å². The van der Waals surface area contributed by atoms with Crippen LogP contribution in [0.5, 0.6) is 0 Å². The van der Waals surface area contributed by atoms with Gasteiger partial charge in [0, 0.05) is 12.1 Å². The van der Waals surface area contributed by atoms with Crippen molar-refractivity contribution in [1.29, 1.82) is 0 Å². The summed E-state index contributed by atoms with van der Waals surface area (Å²) >= 11 is 0. The van der Waals surface area contributed by atoms with Crippen molar-refractivity contribution < 1.29 is 4.42 Å². The van der Waals surface area contributed by atoms with Crippen LogP contribution in [-0.2, 0) is 6.54 Å². The summed E-state index contributed by atoms with van der Waals surface area (Å²) in [6, 6.07) is 4.41. The standard InChI is InChI=1S/C10H16N2O/c1-10(2)5-8(10)12-9-4-3-7(6-11)13-9/h3-4,8,12H,5-6,11H2,1-2H3. The lowest BCUT2D eigenvalue weighted by Gasteiger charge is -2.03. The maximum absolute atomic E-state index is 5.44. The predicted octanol–water partition coefficient (Wildman–Crippen LogP) is 1.95. The average Bonchev–Trinajstić information content (AvgIpc) is 2.48. The van der Waals surface area contributed by atoms with Crippen molar-refractivity contribution in [2.24, 2.45) is 11.1 Å². The number of rotatable bonds is 3. The smallest absolute Gasteiger partial charge is 0.193 e. The molecule has 1 aromatic rings. The van der Waals surface area contributed by atoms with E-state index in [9.17, 15) is 0 Å². The summed E-state index contributed by atoms with van der Waals surface area (Å²) in [4.78, 5) is 0. The van der Waals surface area contributed by atoms with Gasteiger partial charge in [0.2, 0.25) is 0 Å². The summed E-state index contributed by atoms with van der Waals surface area (Å²) in [6.45, 7) is 4.96. The molecule has 0 saturated heterocycles. The minimum Gasteiger partial charge on any atom is -0.444 e. The first-order chi connectivity index (χ1) is 6.12. The highest BCUT2D eigenvalue weighted by Gasteiger charge is 2.46. The predicted molar refractivity (Wildman–Crippen MR) is 52.4 cm³/mol. The second-order valence-corrected chi connectivity index (χ2v) is 4.36. The van der Waals surface area contributed by atoms with E-state index in [0.29, 0.717) is 18.0 Å². The molecule has 0 bridgehead atoms. The third-order valence-electron chi connectivity index (χ3n) is 2.69.